The van der Waals surface area contributed by atoms with Gasteiger partial charge in [0.15, 0.2) is 0 Å². The van der Waals surface area contributed by atoms with Gasteiger partial charge in [0, 0.05) is 24.2 Å². The second kappa shape index (κ2) is 2.66. The lowest BCUT2D eigenvalue weighted by Crippen LogP contribution is -2.02. The molecule has 1 atom stereocenters. The summed E-state index contributed by atoms with van der Waals surface area (Å²) in [6.07, 6.45) is 0. The van der Waals surface area contributed by atoms with Crippen LogP contribution in [0.2, 0.25) is 0 Å². The minimum absolute atomic E-state index is 0.0411. The molecule has 0 aromatic heterocycles. The molecule has 0 amide bonds. The van der Waals surface area contributed by atoms with Crippen molar-refractivity contribution in [2.45, 2.75) is 5.92 Å². The Morgan fingerprint density at radius 3 is 3.17 bits per heavy atom. The number of benzene rings is 1. The lowest BCUT2D eigenvalue weighted by Gasteiger charge is -2.03. The van der Waals surface area contributed by atoms with Crippen molar-refractivity contribution in [2.75, 3.05) is 18.5 Å². The molecule has 64 valence electrons. The van der Waals surface area contributed by atoms with Crippen LogP contribution in [0.1, 0.15) is 11.5 Å². The molecule has 2 rings (SSSR count). The normalized spacial score (nSPS) is 20.2. The van der Waals surface area contributed by atoms with E-state index < -0.39 is 0 Å². The fourth-order valence-corrected chi connectivity index (χ4v) is 1.53. The number of hydrogen-bond acceptors (Lipinski definition) is 2. The van der Waals surface area contributed by atoms with Crippen molar-refractivity contribution in [1.29, 1.82) is 0 Å². The van der Waals surface area contributed by atoms with Crippen molar-refractivity contribution in [1.82, 2.24) is 0 Å². The van der Waals surface area contributed by atoms with Gasteiger partial charge in [-0.3, -0.25) is 4.39 Å². The van der Waals surface area contributed by atoms with E-state index in [2.05, 4.69) is 5.32 Å². The van der Waals surface area contributed by atoms with Crippen molar-refractivity contribution < 1.29 is 9.50 Å². The molecule has 2 nitrogen and oxygen atoms in total. The molecule has 0 saturated heterocycles. The Balaban J connectivity index is 2.40. The Labute approximate surface area is 70.0 Å². The molecule has 0 spiro atoms. The number of phenolic OH excluding ortho intramolecular Hbond substituents is 1. The van der Waals surface area contributed by atoms with E-state index in [1.54, 1.807) is 18.2 Å². The molecule has 0 bridgehead atoms. The van der Waals surface area contributed by atoms with Crippen molar-refractivity contribution in [3.63, 3.8) is 0 Å². The summed E-state index contributed by atoms with van der Waals surface area (Å²) in [4.78, 5) is 0. The van der Waals surface area contributed by atoms with E-state index in [0.29, 0.717) is 6.54 Å². The van der Waals surface area contributed by atoms with E-state index >= 15 is 0 Å². The second-order valence-corrected chi connectivity index (χ2v) is 3.00. The number of anilines is 1. The zero-order valence-corrected chi connectivity index (χ0v) is 6.55. The first-order valence-corrected chi connectivity index (χ1v) is 3.94. The van der Waals surface area contributed by atoms with Crippen LogP contribution in [-0.4, -0.2) is 18.3 Å². The smallest absolute Gasteiger partial charge is 0.117 e. The molecule has 1 unspecified atom stereocenters. The van der Waals surface area contributed by atoms with E-state index in [-0.39, 0.29) is 18.3 Å². The van der Waals surface area contributed by atoms with Crippen LogP contribution in [0.25, 0.3) is 0 Å². The first kappa shape index (κ1) is 7.40. The largest absolute Gasteiger partial charge is 0.508 e. The van der Waals surface area contributed by atoms with Crippen LogP contribution < -0.4 is 5.32 Å². The van der Waals surface area contributed by atoms with Crippen molar-refractivity contribution in [2.24, 2.45) is 0 Å². The highest BCUT2D eigenvalue weighted by Gasteiger charge is 2.21. The van der Waals surface area contributed by atoms with E-state index in [0.717, 1.165) is 11.3 Å². The number of rotatable bonds is 1. The topological polar surface area (TPSA) is 32.3 Å². The zero-order valence-electron chi connectivity index (χ0n) is 6.55. The van der Waals surface area contributed by atoms with Crippen molar-refractivity contribution in [3.05, 3.63) is 23.8 Å². The minimum atomic E-state index is -0.342. The van der Waals surface area contributed by atoms with Crippen LogP contribution in [0.4, 0.5) is 10.1 Å². The van der Waals surface area contributed by atoms with Gasteiger partial charge in [0.1, 0.15) is 5.75 Å². The summed E-state index contributed by atoms with van der Waals surface area (Å²) in [5.41, 5.74) is 1.83. The maximum absolute atomic E-state index is 12.4. The molecule has 1 aliphatic heterocycles. The fraction of sp³-hybridized carbons (Fsp3) is 0.333. The SMILES string of the molecule is Oc1ccc2c(c1)NCC2CF. The summed E-state index contributed by atoms with van der Waals surface area (Å²) in [6, 6.07) is 4.99. The molecule has 1 aromatic rings. The zero-order chi connectivity index (χ0) is 8.55. The Hall–Kier alpha value is -1.25. The minimum Gasteiger partial charge on any atom is -0.508 e. The monoisotopic (exact) mass is 167 g/mol. The van der Waals surface area contributed by atoms with Crippen molar-refractivity contribution >= 4 is 5.69 Å². The van der Waals surface area contributed by atoms with Crippen LogP contribution in [0.5, 0.6) is 5.75 Å². The summed E-state index contributed by atoms with van der Waals surface area (Å²) >= 11 is 0. The average Bonchev–Trinajstić information content (AvgIpc) is 2.46. The van der Waals surface area contributed by atoms with Gasteiger partial charge in [0.05, 0.1) is 6.67 Å². The molecule has 12 heavy (non-hydrogen) atoms. The standard InChI is InChI=1S/C9H10FNO/c10-4-6-5-11-9-3-7(12)1-2-8(6)9/h1-3,6,11-12H,4-5H2. The molecule has 3 heteroatoms. The lowest BCUT2D eigenvalue weighted by atomic mass is 10.0. The van der Waals surface area contributed by atoms with Gasteiger partial charge >= 0.3 is 0 Å². The summed E-state index contributed by atoms with van der Waals surface area (Å²) in [5, 5.41) is 12.2. The quantitative estimate of drug-likeness (QED) is 0.669. The molecule has 1 heterocycles. The van der Waals surface area contributed by atoms with Gasteiger partial charge in [-0.2, -0.15) is 0 Å². The van der Waals surface area contributed by atoms with Crippen LogP contribution in [-0.2, 0) is 0 Å². The average molecular weight is 167 g/mol. The van der Waals surface area contributed by atoms with Crippen LogP contribution in [0.15, 0.2) is 18.2 Å². The van der Waals surface area contributed by atoms with E-state index in [1.165, 1.54) is 0 Å². The number of alkyl halides is 1. The Morgan fingerprint density at radius 2 is 2.42 bits per heavy atom. The third-order valence-electron chi connectivity index (χ3n) is 2.20. The Kier molecular flexibility index (Phi) is 1.64. The van der Waals surface area contributed by atoms with Gasteiger partial charge in [0.2, 0.25) is 0 Å². The number of phenols is 1. The second-order valence-electron chi connectivity index (χ2n) is 3.00. The van der Waals surface area contributed by atoms with Crippen LogP contribution in [0.3, 0.4) is 0 Å². The first-order chi connectivity index (χ1) is 5.81. The number of halogens is 1. The number of fused-ring (bicyclic) bond motifs is 1. The Morgan fingerprint density at radius 1 is 1.58 bits per heavy atom. The molecule has 0 fully saturated rings. The van der Waals surface area contributed by atoms with Gasteiger partial charge in [-0.25, -0.2) is 0 Å². The number of nitrogens with one attached hydrogen (secondary N) is 1. The highest BCUT2D eigenvalue weighted by Crippen LogP contribution is 2.33. The molecule has 0 aliphatic carbocycles. The predicted molar refractivity (Wildman–Crippen MR) is 45.3 cm³/mol. The highest BCUT2D eigenvalue weighted by molar-refractivity contribution is 5.60. The maximum atomic E-state index is 12.4. The highest BCUT2D eigenvalue weighted by atomic mass is 19.1. The molecular formula is C9H10FNO. The van der Waals surface area contributed by atoms with Gasteiger partial charge in [-0.15, -0.1) is 0 Å². The van der Waals surface area contributed by atoms with Crippen molar-refractivity contribution in [3.8, 4) is 5.75 Å². The predicted octanol–water partition coefficient (Wildman–Crippen LogP) is 1.87. The van der Waals surface area contributed by atoms with Crippen LogP contribution in [0, 0.1) is 0 Å². The number of aromatic hydroxyl groups is 1. The van der Waals surface area contributed by atoms with Gasteiger partial charge in [-0.05, 0) is 11.6 Å². The Bertz CT molecular complexity index is 301. The molecule has 2 N–H and O–H groups in total. The number of hydrogen-bond donors (Lipinski definition) is 2. The van der Waals surface area contributed by atoms with E-state index in [9.17, 15) is 4.39 Å². The summed E-state index contributed by atoms with van der Waals surface area (Å²) in [6.45, 7) is 0.292. The third kappa shape index (κ3) is 1.02. The summed E-state index contributed by atoms with van der Waals surface area (Å²) in [7, 11) is 0. The van der Waals surface area contributed by atoms with Crippen LogP contribution >= 0.6 is 0 Å². The first-order valence-electron chi connectivity index (χ1n) is 3.94. The molecular weight excluding hydrogens is 157 g/mol. The third-order valence-corrected chi connectivity index (χ3v) is 2.20. The molecule has 1 aliphatic rings. The van der Waals surface area contributed by atoms with Gasteiger partial charge in [0.25, 0.3) is 0 Å². The van der Waals surface area contributed by atoms with Gasteiger partial charge < -0.3 is 10.4 Å². The van der Waals surface area contributed by atoms with E-state index in [4.69, 9.17) is 5.11 Å². The summed E-state index contributed by atoms with van der Waals surface area (Å²) in [5.74, 6) is 0.182. The molecule has 0 radical (unpaired) electrons. The summed E-state index contributed by atoms with van der Waals surface area (Å²) < 4.78 is 12.4. The molecule has 0 saturated carbocycles. The lowest BCUT2D eigenvalue weighted by molar-refractivity contribution is 0.446. The maximum Gasteiger partial charge on any atom is 0.117 e. The molecule has 1 aromatic carbocycles. The van der Waals surface area contributed by atoms with E-state index in [1.807, 2.05) is 0 Å². The fourth-order valence-electron chi connectivity index (χ4n) is 1.53. The van der Waals surface area contributed by atoms with Gasteiger partial charge in [-0.1, -0.05) is 6.07 Å².